The lowest BCUT2D eigenvalue weighted by molar-refractivity contribution is 0.0801. The second-order valence-electron chi connectivity index (χ2n) is 6.22. The Hall–Kier alpha value is -0.0800. The highest BCUT2D eigenvalue weighted by Gasteiger charge is 2.28. The monoisotopic (exact) mass is 270 g/mol. The van der Waals surface area contributed by atoms with Crippen LogP contribution in [0.2, 0.25) is 0 Å². The van der Waals surface area contributed by atoms with E-state index in [0.29, 0.717) is 12.1 Å². The van der Waals surface area contributed by atoms with E-state index in [1.54, 1.807) is 0 Å². The highest BCUT2D eigenvalue weighted by molar-refractivity contribution is 4.86. The highest BCUT2D eigenvalue weighted by Crippen LogP contribution is 2.21. The maximum absolute atomic E-state index is 3.57. The molecule has 2 heteroatoms. The molecule has 0 amide bonds. The molecule has 0 aromatic heterocycles. The van der Waals surface area contributed by atoms with Gasteiger partial charge in [-0.3, -0.25) is 4.90 Å². The lowest BCUT2D eigenvalue weighted by atomic mass is 9.95. The summed E-state index contributed by atoms with van der Waals surface area (Å²) in [5.74, 6) is 0.744. The largest absolute Gasteiger partial charge is 0.315 e. The fourth-order valence-corrected chi connectivity index (χ4v) is 3.32. The molecule has 0 aliphatic heterocycles. The van der Waals surface area contributed by atoms with Crippen LogP contribution in [0.15, 0.2) is 0 Å². The molecule has 0 radical (unpaired) electrons. The van der Waals surface area contributed by atoms with Gasteiger partial charge in [0, 0.05) is 24.7 Å². The predicted octanol–water partition coefficient (Wildman–Crippen LogP) is 4.30. The van der Waals surface area contributed by atoms with Crippen molar-refractivity contribution in [2.24, 2.45) is 5.92 Å². The van der Waals surface area contributed by atoms with Gasteiger partial charge in [0.2, 0.25) is 0 Å². The van der Waals surface area contributed by atoms with Crippen molar-refractivity contribution in [1.82, 2.24) is 10.2 Å². The summed E-state index contributed by atoms with van der Waals surface area (Å²) in [5.41, 5.74) is 0. The van der Waals surface area contributed by atoms with Crippen LogP contribution in [-0.4, -0.2) is 36.6 Å². The lowest BCUT2D eigenvalue weighted by Crippen LogP contribution is -2.53. The van der Waals surface area contributed by atoms with Gasteiger partial charge in [-0.05, 0) is 38.6 Å². The predicted molar refractivity (Wildman–Crippen MR) is 87.7 cm³/mol. The van der Waals surface area contributed by atoms with Crippen LogP contribution in [0.1, 0.15) is 73.6 Å². The van der Waals surface area contributed by atoms with E-state index in [4.69, 9.17) is 0 Å². The summed E-state index contributed by atoms with van der Waals surface area (Å²) in [4.78, 5) is 2.79. The molecule has 2 unspecified atom stereocenters. The molecule has 116 valence electrons. The maximum atomic E-state index is 3.57. The first-order valence-electron chi connectivity index (χ1n) is 8.48. The van der Waals surface area contributed by atoms with E-state index < -0.39 is 0 Å². The fourth-order valence-electron chi connectivity index (χ4n) is 3.32. The minimum absolute atomic E-state index is 0.634. The van der Waals surface area contributed by atoms with E-state index in [-0.39, 0.29) is 0 Å². The molecule has 0 saturated heterocycles. The summed E-state index contributed by atoms with van der Waals surface area (Å²) >= 11 is 0. The van der Waals surface area contributed by atoms with Crippen LogP contribution in [0.4, 0.5) is 0 Å². The highest BCUT2D eigenvalue weighted by atomic mass is 15.2. The van der Waals surface area contributed by atoms with Gasteiger partial charge in [-0.2, -0.15) is 0 Å². The Kier molecular flexibility index (Phi) is 10.6. The second kappa shape index (κ2) is 10.7. The Morgan fingerprint density at radius 3 is 1.84 bits per heavy atom. The van der Waals surface area contributed by atoms with E-state index in [0.717, 1.165) is 12.0 Å². The van der Waals surface area contributed by atoms with Crippen LogP contribution in [0, 0.1) is 5.92 Å². The Labute approximate surface area is 122 Å². The van der Waals surface area contributed by atoms with Crippen LogP contribution < -0.4 is 5.32 Å². The van der Waals surface area contributed by atoms with Gasteiger partial charge in [0.05, 0.1) is 0 Å². The van der Waals surface area contributed by atoms with Gasteiger partial charge < -0.3 is 5.32 Å². The minimum Gasteiger partial charge on any atom is -0.315 e. The number of likely N-dealkylation sites (N-methyl/N-ethyl adjacent to an activating group) is 1. The van der Waals surface area contributed by atoms with Crippen molar-refractivity contribution in [3.63, 3.8) is 0 Å². The van der Waals surface area contributed by atoms with Crippen molar-refractivity contribution >= 4 is 0 Å². The average molecular weight is 271 g/mol. The van der Waals surface area contributed by atoms with E-state index in [1.165, 1.54) is 38.6 Å². The standard InChI is InChI=1S/C17H38N2/c1-8-12-16(18-7)17(11-4)19(13-14(5)6)15(9-2)10-3/h14-18H,8-13H2,1-7H3. The molecule has 0 fully saturated rings. The van der Waals surface area contributed by atoms with Gasteiger partial charge in [0.25, 0.3) is 0 Å². The number of hydrogen-bond acceptors (Lipinski definition) is 2. The molecular formula is C17H38N2. The molecule has 0 aromatic carbocycles. The summed E-state index contributed by atoms with van der Waals surface area (Å²) in [6, 6.07) is 2.05. The summed E-state index contributed by atoms with van der Waals surface area (Å²) < 4.78 is 0. The molecule has 19 heavy (non-hydrogen) atoms. The Balaban J connectivity index is 5.02. The van der Waals surface area contributed by atoms with Gasteiger partial charge in [0.15, 0.2) is 0 Å². The summed E-state index contributed by atoms with van der Waals surface area (Å²) in [7, 11) is 2.13. The van der Waals surface area contributed by atoms with Crippen LogP contribution in [0.3, 0.4) is 0 Å². The molecule has 2 atom stereocenters. The summed E-state index contributed by atoms with van der Waals surface area (Å²) in [5, 5.41) is 3.57. The first-order valence-corrected chi connectivity index (χ1v) is 8.48. The number of hydrogen-bond donors (Lipinski definition) is 1. The van der Waals surface area contributed by atoms with Crippen LogP contribution >= 0.6 is 0 Å². The zero-order valence-electron chi connectivity index (χ0n) is 14.5. The first kappa shape index (κ1) is 18.9. The van der Waals surface area contributed by atoms with Crippen molar-refractivity contribution in [1.29, 1.82) is 0 Å². The van der Waals surface area contributed by atoms with E-state index in [1.807, 2.05) is 0 Å². The summed E-state index contributed by atoms with van der Waals surface area (Å²) in [6.07, 6.45) is 6.32. The summed E-state index contributed by atoms with van der Waals surface area (Å²) in [6.45, 7) is 15.2. The van der Waals surface area contributed by atoms with Crippen LogP contribution in [-0.2, 0) is 0 Å². The lowest BCUT2D eigenvalue weighted by Gasteiger charge is -2.42. The molecule has 0 aromatic rings. The van der Waals surface area contributed by atoms with Crippen molar-refractivity contribution in [3.8, 4) is 0 Å². The van der Waals surface area contributed by atoms with Crippen molar-refractivity contribution < 1.29 is 0 Å². The average Bonchev–Trinajstić information content (AvgIpc) is 2.39. The third-order valence-electron chi connectivity index (χ3n) is 4.27. The number of nitrogens with one attached hydrogen (secondary N) is 1. The van der Waals surface area contributed by atoms with E-state index in [2.05, 4.69) is 58.8 Å². The van der Waals surface area contributed by atoms with Crippen LogP contribution in [0.5, 0.6) is 0 Å². The third kappa shape index (κ3) is 6.27. The molecule has 0 rings (SSSR count). The fraction of sp³-hybridized carbons (Fsp3) is 1.00. The van der Waals surface area contributed by atoms with E-state index >= 15 is 0 Å². The SMILES string of the molecule is CCCC(NC)C(CC)N(CC(C)C)C(CC)CC. The van der Waals surface area contributed by atoms with Crippen LogP contribution in [0.25, 0.3) is 0 Å². The van der Waals surface area contributed by atoms with Gasteiger partial charge >= 0.3 is 0 Å². The number of rotatable bonds is 11. The molecule has 0 heterocycles. The molecule has 1 N–H and O–H groups in total. The molecule has 0 aliphatic rings. The molecule has 0 saturated carbocycles. The van der Waals surface area contributed by atoms with Gasteiger partial charge in [-0.1, -0.05) is 48.0 Å². The number of nitrogens with zero attached hydrogens (tertiary/aromatic N) is 1. The quantitative estimate of drug-likeness (QED) is 0.602. The molecule has 0 aliphatic carbocycles. The van der Waals surface area contributed by atoms with Crippen molar-refractivity contribution in [2.75, 3.05) is 13.6 Å². The normalized spacial score (nSPS) is 15.5. The third-order valence-corrected chi connectivity index (χ3v) is 4.27. The van der Waals surface area contributed by atoms with Gasteiger partial charge in [-0.25, -0.2) is 0 Å². The van der Waals surface area contributed by atoms with Crippen molar-refractivity contribution in [3.05, 3.63) is 0 Å². The van der Waals surface area contributed by atoms with E-state index in [9.17, 15) is 0 Å². The second-order valence-corrected chi connectivity index (χ2v) is 6.22. The zero-order valence-corrected chi connectivity index (χ0v) is 14.5. The van der Waals surface area contributed by atoms with Crippen molar-refractivity contribution in [2.45, 2.75) is 91.8 Å². The van der Waals surface area contributed by atoms with Gasteiger partial charge in [0.1, 0.15) is 0 Å². The maximum Gasteiger partial charge on any atom is 0.0249 e. The molecular weight excluding hydrogens is 232 g/mol. The Morgan fingerprint density at radius 2 is 1.53 bits per heavy atom. The van der Waals surface area contributed by atoms with Gasteiger partial charge in [-0.15, -0.1) is 0 Å². The molecule has 0 bridgehead atoms. The smallest absolute Gasteiger partial charge is 0.0249 e. The Morgan fingerprint density at radius 1 is 0.947 bits per heavy atom. The Bertz CT molecular complexity index is 199. The first-order chi connectivity index (χ1) is 9.05. The minimum atomic E-state index is 0.634. The molecule has 2 nitrogen and oxygen atoms in total. The molecule has 0 spiro atoms. The zero-order chi connectivity index (χ0) is 14.8. The topological polar surface area (TPSA) is 15.3 Å².